The predicted molar refractivity (Wildman–Crippen MR) is 132 cm³/mol. The van der Waals surface area contributed by atoms with Crippen LogP contribution in [0.3, 0.4) is 0 Å². The van der Waals surface area contributed by atoms with Gasteiger partial charge in [-0.05, 0) is 72.6 Å². The Bertz CT molecular complexity index is 1410. The van der Waals surface area contributed by atoms with Gasteiger partial charge in [0.25, 0.3) is 5.91 Å². The topological polar surface area (TPSA) is 47.2 Å². The summed E-state index contributed by atoms with van der Waals surface area (Å²) in [4.78, 5) is 17.6. The lowest BCUT2D eigenvalue weighted by Gasteiger charge is -2.20. The Morgan fingerprint density at radius 2 is 2.00 bits per heavy atom. The van der Waals surface area contributed by atoms with Crippen LogP contribution in [0, 0.1) is 17.8 Å². The van der Waals surface area contributed by atoms with Crippen molar-refractivity contribution in [2.45, 2.75) is 38.4 Å². The van der Waals surface area contributed by atoms with Crippen LogP contribution in [0.25, 0.3) is 17.0 Å². The van der Waals surface area contributed by atoms with Crippen LogP contribution < -0.4 is 0 Å². The minimum atomic E-state index is -4.51. The van der Waals surface area contributed by atoms with Crippen molar-refractivity contribution in [3.05, 3.63) is 69.2 Å². The average molecular weight is 516 g/mol. The molecule has 6 rings (SSSR count). The normalized spacial score (nSPS) is 25.3. The number of aliphatic imine (C=N–C) groups is 1. The molecule has 35 heavy (non-hydrogen) atoms. The Balaban J connectivity index is 1.23. The number of hydrogen-bond acceptors (Lipinski definition) is 3. The van der Waals surface area contributed by atoms with Gasteiger partial charge in [-0.25, -0.2) is 4.99 Å². The molecule has 3 aliphatic rings. The van der Waals surface area contributed by atoms with Gasteiger partial charge >= 0.3 is 6.18 Å². The Morgan fingerprint density at radius 1 is 1.14 bits per heavy atom. The Morgan fingerprint density at radius 3 is 2.74 bits per heavy atom. The number of benzene rings is 2. The van der Waals surface area contributed by atoms with Gasteiger partial charge in [0.1, 0.15) is 0 Å². The van der Waals surface area contributed by atoms with Crippen LogP contribution in [0.5, 0.6) is 0 Å². The number of fused-ring (bicyclic) bond motifs is 3. The van der Waals surface area contributed by atoms with Crippen molar-refractivity contribution in [2.75, 3.05) is 0 Å². The van der Waals surface area contributed by atoms with Crippen molar-refractivity contribution >= 4 is 51.3 Å². The summed E-state index contributed by atoms with van der Waals surface area (Å²) in [5, 5.41) is 6.10. The monoisotopic (exact) mass is 515 g/mol. The van der Waals surface area contributed by atoms with Gasteiger partial charge in [-0.3, -0.25) is 9.48 Å². The molecule has 2 bridgehead atoms. The van der Waals surface area contributed by atoms with Crippen molar-refractivity contribution in [2.24, 2.45) is 22.7 Å². The van der Waals surface area contributed by atoms with E-state index in [0.717, 1.165) is 34.4 Å². The van der Waals surface area contributed by atoms with Gasteiger partial charge in [-0.1, -0.05) is 41.9 Å². The van der Waals surface area contributed by atoms with Crippen molar-refractivity contribution in [3.8, 4) is 0 Å². The van der Waals surface area contributed by atoms with Gasteiger partial charge in [0, 0.05) is 16.3 Å². The maximum atomic E-state index is 13.5. The molecule has 0 radical (unpaired) electrons. The first-order valence-electron chi connectivity index (χ1n) is 11.6. The first-order valence-corrected chi connectivity index (χ1v) is 12.8. The highest BCUT2D eigenvalue weighted by Gasteiger charge is 2.44. The third-order valence-electron chi connectivity index (χ3n) is 7.35. The van der Waals surface area contributed by atoms with Gasteiger partial charge in [-0.15, -0.1) is 0 Å². The zero-order chi connectivity index (χ0) is 24.3. The zero-order valence-electron chi connectivity index (χ0n) is 18.6. The van der Waals surface area contributed by atoms with E-state index in [1.54, 1.807) is 6.20 Å². The van der Waals surface area contributed by atoms with Crippen molar-refractivity contribution < 1.29 is 18.0 Å². The molecule has 0 saturated heterocycles. The molecule has 0 N–H and O–H groups in total. The fourth-order valence-corrected chi connectivity index (χ4v) is 7.01. The quantitative estimate of drug-likeness (QED) is 0.345. The minimum Gasteiger partial charge on any atom is -0.266 e. The zero-order valence-corrected chi connectivity index (χ0v) is 20.1. The summed E-state index contributed by atoms with van der Waals surface area (Å²) in [5.41, 5.74) is 0.869. The molecular weight excluding hydrogens is 495 g/mol. The molecule has 9 heteroatoms. The highest BCUT2D eigenvalue weighted by molar-refractivity contribution is 8.18. The Hall–Kier alpha value is -2.58. The molecule has 180 valence electrons. The van der Waals surface area contributed by atoms with Crippen LogP contribution in [0.4, 0.5) is 13.2 Å². The van der Waals surface area contributed by atoms with Gasteiger partial charge in [0.2, 0.25) is 0 Å². The second kappa shape index (κ2) is 8.52. The molecule has 2 saturated carbocycles. The molecule has 2 aromatic carbocycles. The number of carbonyl (C=O) groups excluding carboxylic acids is 1. The first kappa shape index (κ1) is 22.9. The molecular formula is C26H21ClF3N3OS. The standard InChI is InChI=1S/C26H21ClF3N3OS/c27-19-5-4-17(21(11-19)26(28,29)30)13-33-22-6-2-15(8-18(22)12-31-33)10-23-24(34)32-25(35-23)20-9-14-1-3-16(20)7-14/h2,4-6,8,10-12,14,16,20H,1,3,7,9,13H2/b23-10-/t14?,16?,20-/m0/s1. The summed E-state index contributed by atoms with van der Waals surface area (Å²) in [5.74, 6) is 1.68. The van der Waals surface area contributed by atoms with E-state index >= 15 is 0 Å². The number of hydrogen-bond donors (Lipinski definition) is 0. The molecule has 2 unspecified atom stereocenters. The molecule has 2 aliphatic carbocycles. The van der Waals surface area contributed by atoms with E-state index in [2.05, 4.69) is 10.1 Å². The molecule has 3 aromatic rings. The lowest BCUT2D eigenvalue weighted by atomic mass is 9.90. The van der Waals surface area contributed by atoms with Gasteiger partial charge in [0.05, 0.1) is 33.8 Å². The van der Waals surface area contributed by atoms with Crippen LogP contribution in [0.2, 0.25) is 5.02 Å². The number of thioether (sulfide) groups is 1. The molecule has 4 nitrogen and oxygen atoms in total. The summed E-state index contributed by atoms with van der Waals surface area (Å²) in [6.45, 7) is -0.0367. The van der Waals surface area contributed by atoms with Gasteiger partial charge in [-0.2, -0.15) is 18.3 Å². The summed E-state index contributed by atoms with van der Waals surface area (Å²) in [7, 11) is 0. The SMILES string of the molecule is O=C1N=C([C@H]2CC3CCC2C3)S/C1=C\c1ccc2c(cnn2Cc2ccc(Cl)cc2C(F)(F)F)c1. The minimum absolute atomic E-state index is 0.0367. The first-order chi connectivity index (χ1) is 16.7. The number of carbonyl (C=O) groups is 1. The lowest BCUT2D eigenvalue weighted by molar-refractivity contribution is -0.138. The summed E-state index contributed by atoms with van der Waals surface area (Å²) in [6.07, 6.45) is 3.91. The fraction of sp³-hybridized carbons (Fsp3) is 0.346. The molecule has 1 aromatic heterocycles. The van der Waals surface area contributed by atoms with E-state index in [9.17, 15) is 18.0 Å². The highest BCUT2D eigenvalue weighted by atomic mass is 35.5. The second-order valence-corrected chi connectivity index (χ2v) is 11.1. The maximum Gasteiger partial charge on any atom is 0.416 e. The number of aromatic nitrogens is 2. The van der Waals surface area contributed by atoms with E-state index in [0.29, 0.717) is 22.3 Å². The fourth-order valence-electron chi connectivity index (χ4n) is 5.72. The van der Waals surface area contributed by atoms with Crippen molar-refractivity contribution in [3.63, 3.8) is 0 Å². The van der Waals surface area contributed by atoms with Gasteiger partial charge in [0.15, 0.2) is 0 Å². The number of nitrogens with zero attached hydrogens (tertiary/aromatic N) is 3. The second-order valence-electron chi connectivity index (χ2n) is 9.57. The van der Waals surface area contributed by atoms with Crippen molar-refractivity contribution in [1.29, 1.82) is 0 Å². The molecule has 1 aliphatic heterocycles. The van der Waals surface area contributed by atoms with Crippen molar-refractivity contribution in [1.82, 2.24) is 9.78 Å². The smallest absolute Gasteiger partial charge is 0.266 e. The van der Waals surface area contributed by atoms with E-state index in [1.807, 2.05) is 24.3 Å². The summed E-state index contributed by atoms with van der Waals surface area (Å²) in [6, 6.07) is 9.33. The average Bonchev–Trinajstić information content (AvgIpc) is 3.59. The predicted octanol–water partition coefficient (Wildman–Crippen LogP) is 7.21. The summed E-state index contributed by atoms with van der Waals surface area (Å²) >= 11 is 7.29. The largest absolute Gasteiger partial charge is 0.416 e. The van der Waals surface area contributed by atoms with E-state index in [4.69, 9.17) is 11.6 Å². The van der Waals surface area contributed by atoms with E-state index in [-0.39, 0.29) is 23.0 Å². The maximum absolute atomic E-state index is 13.5. The molecule has 0 spiro atoms. The molecule has 2 heterocycles. The number of rotatable bonds is 4. The van der Waals surface area contributed by atoms with Crippen LogP contribution >= 0.6 is 23.4 Å². The van der Waals surface area contributed by atoms with Crippen LogP contribution in [0.1, 0.15) is 42.4 Å². The highest BCUT2D eigenvalue weighted by Crippen LogP contribution is 2.51. The van der Waals surface area contributed by atoms with Gasteiger partial charge < -0.3 is 0 Å². The van der Waals surface area contributed by atoms with E-state index in [1.165, 1.54) is 47.8 Å². The number of halogens is 4. The Kier molecular flexibility index (Phi) is 5.56. The third-order valence-corrected chi connectivity index (χ3v) is 8.70. The molecule has 1 amide bonds. The molecule has 3 atom stereocenters. The van der Waals surface area contributed by atoms with Crippen LogP contribution in [0.15, 0.2) is 52.5 Å². The van der Waals surface area contributed by atoms with Crippen LogP contribution in [-0.4, -0.2) is 20.7 Å². The summed E-state index contributed by atoms with van der Waals surface area (Å²) < 4.78 is 42.0. The lowest BCUT2D eigenvalue weighted by Crippen LogP contribution is -2.17. The Labute approximate surface area is 209 Å². The molecule has 2 fully saturated rings. The van der Waals surface area contributed by atoms with Crippen LogP contribution in [-0.2, 0) is 17.5 Å². The number of alkyl halides is 3. The third kappa shape index (κ3) is 4.31. The number of amides is 1. The van der Waals surface area contributed by atoms with E-state index < -0.39 is 11.7 Å².